The number of hydrogen-bond donors (Lipinski definition) is 2. The van der Waals surface area contributed by atoms with E-state index in [4.69, 9.17) is 9.94 Å². The van der Waals surface area contributed by atoms with Crippen molar-refractivity contribution in [1.82, 2.24) is 23.9 Å². The van der Waals surface area contributed by atoms with Gasteiger partial charge in [-0.05, 0) is 38.5 Å². The lowest BCUT2D eigenvalue weighted by atomic mass is 10.1. The molecule has 0 unspecified atom stereocenters. The number of oxime groups is 1. The van der Waals surface area contributed by atoms with Crippen LogP contribution in [0.25, 0.3) is 16.9 Å². The summed E-state index contributed by atoms with van der Waals surface area (Å²) in [5.41, 5.74) is 1.53. The van der Waals surface area contributed by atoms with Crippen molar-refractivity contribution in [3.05, 3.63) is 40.1 Å². The number of imidazole rings is 1. The number of aromatic nitrogens is 4. The van der Waals surface area contributed by atoms with E-state index in [-0.39, 0.29) is 29.4 Å². The van der Waals surface area contributed by atoms with Crippen LogP contribution in [0.5, 0.6) is 5.75 Å². The quantitative estimate of drug-likeness (QED) is 0.384. The Kier molecular flexibility index (Phi) is 6.71. The number of ether oxygens (including phenoxy) is 1. The number of benzene rings is 1. The number of fused-ring (bicyclic) bond motifs is 1. The summed E-state index contributed by atoms with van der Waals surface area (Å²) in [6, 6.07) is 4.54. The van der Waals surface area contributed by atoms with Crippen molar-refractivity contribution in [1.29, 1.82) is 0 Å². The topological polar surface area (TPSA) is 142 Å². The maximum Gasteiger partial charge on any atom is 0.277 e. The number of piperidine rings is 1. The van der Waals surface area contributed by atoms with E-state index in [9.17, 15) is 13.2 Å². The molecule has 2 N–H and O–H groups in total. The molecule has 1 fully saturated rings. The molecule has 0 spiro atoms. The Labute approximate surface area is 197 Å². The van der Waals surface area contributed by atoms with Crippen molar-refractivity contribution in [2.45, 2.75) is 51.3 Å². The summed E-state index contributed by atoms with van der Waals surface area (Å²) in [6.45, 7) is 6.39. The van der Waals surface area contributed by atoms with Crippen molar-refractivity contribution in [2.24, 2.45) is 5.16 Å². The summed E-state index contributed by atoms with van der Waals surface area (Å²) in [6.07, 6.45) is 2.21. The minimum Gasteiger partial charge on any atom is -0.493 e. The van der Waals surface area contributed by atoms with E-state index in [1.165, 1.54) is 21.0 Å². The molecule has 34 heavy (non-hydrogen) atoms. The fourth-order valence-electron chi connectivity index (χ4n) is 4.11. The lowest BCUT2D eigenvalue weighted by molar-refractivity contribution is 0.309. The van der Waals surface area contributed by atoms with Crippen LogP contribution in [0.2, 0.25) is 0 Å². The Morgan fingerprint density at radius 1 is 1.24 bits per heavy atom. The first kappa shape index (κ1) is 23.9. The average molecular weight is 489 g/mol. The molecule has 0 aliphatic carbocycles. The highest BCUT2D eigenvalue weighted by molar-refractivity contribution is 7.89. The first-order valence-electron chi connectivity index (χ1n) is 11.3. The van der Waals surface area contributed by atoms with Gasteiger partial charge in [0.15, 0.2) is 11.3 Å². The molecule has 1 aromatic carbocycles. The lowest BCUT2D eigenvalue weighted by Crippen LogP contribution is -2.38. The first-order valence-corrected chi connectivity index (χ1v) is 12.7. The minimum atomic E-state index is -3.82. The van der Waals surface area contributed by atoms with Crippen LogP contribution in [0.4, 0.5) is 0 Å². The monoisotopic (exact) mass is 488 g/mol. The number of aryl methyl sites for hydroxylation is 2. The van der Waals surface area contributed by atoms with Crippen molar-refractivity contribution in [3.8, 4) is 17.1 Å². The van der Waals surface area contributed by atoms with E-state index in [1.807, 2.05) is 13.8 Å². The van der Waals surface area contributed by atoms with Gasteiger partial charge < -0.3 is 14.9 Å². The molecule has 11 nitrogen and oxygen atoms in total. The van der Waals surface area contributed by atoms with Crippen molar-refractivity contribution < 1.29 is 18.4 Å². The van der Waals surface area contributed by atoms with Gasteiger partial charge in [-0.15, -0.1) is 5.10 Å². The number of hydrogen-bond acceptors (Lipinski definition) is 8. The van der Waals surface area contributed by atoms with Gasteiger partial charge in [-0.25, -0.2) is 17.9 Å². The first-order chi connectivity index (χ1) is 16.3. The molecule has 0 amide bonds. The van der Waals surface area contributed by atoms with Crippen LogP contribution in [0.15, 0.2) is 33.0 Å². The molecule has 0 saturated carbocycles. The average Bonchev–Trinajstić information content (AvgIpc) is 3.15. The second-order valence-corrected chi connectivity index (χ2v) is 10.0. The minimum absolute atomic E-state index is 0.0636. The normalized spacial score (nSPS) is 15.1. The standard InChI is InChI=1S/C22H28N6O5S/c1-4-6-19-23-14(3)20-22(29)24-21(25-28(19)20)17-13-16(7-8-18(17)33-5-2)34(31,32)27-11-9-15(26-30)10-12-27/h7-8,13,30H,4-6,9-12H2,1-3H3,(H,24,25,29). The largest absolute Gasteiger partial charge is 0.493 e. The van der Waals surface area contributed by atoms with Gasteiger partial charge in [0.05, 0.1) is 28.5 Å². The third-order valence-corrected chi connectivity index (χ3v) is 7.70. The third kappa shape index (κ3) is 4.30. The van der Waals surface area contributed by atoms with Crippen molar-refractivity contribution >= 4 is 21.3 Å². The van der Waals surface area contributed by atoms with Gasteiger partial charge in [-0.2, -0.15) is 4.31 Å². The Morgan fingerprint density at radius 2 is 1.97 bits per heavy atom. The van der Waals surface area contributed by atoms with E-state index >= 15 is 0 Å². The molecule has 3 aromatic rings. The number of nitrogens with zero attached hydrogens (tertiary/aromatic N) is 5. The van der Waals surface area contributed by atoms with E-state index in [2.05, 4.69) is 20.2 Å². The number of aromatic amines is 1. The van der Waals surface area contributed by atoms with Crippen LogP contribution in [-0.2, 0) is 16.4 Å². The fraction of sp³-hybridized carbons (Fsp3) is 0.455. The van der Waals surface area contributed by atoms with Gasteiger partial charge in [-0.3, -0.25) is 4.79 Å². The van der Waals surface area contributed by atoms with Crippen LogP contribution in [0, 0.1) is 6.92 Å². The smallest absolute Gasteiger partial charge is 0.277 e. The van der Waals surface area contributed by atoms with Gasteiger partial charge in [0.1, 0.15) is 11.6 Å². The number of nitrogens with one attached hydrogen (secondary N) is 1. The van der Waals surface area contributed by atoms with Crippen LogP contribution in [-0.4, -0.2) is 62.9 Å². The second-order valence-electron chi connectivity index (χ2n) is 8.09. The molecule has 182 valence electrons. The third-order valence-electron chi connectivity index (χ3n) is 5.80. The number of H-pyrrole nitrogens is 1. The molecule has 4 rings (SSSR count). The molecule has 12 heteroatoms. The predicted octanol–water partition coefficient (Wildman–Crippen LogP) is 2.36. The molecular formula is C22H28N6O5S. The second kappa shape index (κ2) is 9.55. The molecule has 2 aromatic heterocycles. The molecule has 0 atom stereocenters. The van der Waals surface area contributed by atoms with Crippen LogP contribution in [0.1, 0.15) is 44.6 Å². The maximum absolute atomic E-state index is 13.3. The molecule has 1 aliphatic rings. The summed E-state index contributed by atoms with van der Waals surface area (Å²) >= 11 is 0. The van der Waals surface area contributed by atoms with Gasteiger partial charge in [0.2, 0.25) is 10.0 Å². The number of rotatable bonds is 7. The number of sulfonamides is 1. The van der Waals surface area contributed by atoms with Crippen LogP contribution >= 0.6 is 0 Å². The molecule has 1 saturated heterocycles. The summed E-state index contributed by atoms with van der Waals surface area (Å²) < 4.78 is 35.3. The van der Waals surface area contributed by atoms with Crippen molar-refractivity contribution in [3.63, 3.8) is 0 Å². The summed E-state index contributed by atoms with van der Waals surface area (Å²) in [4.78, 5) is 20.2. The zero-order chi connectivity index (χ0) is 24.5. The highest BCUT2D eigenvalue weighted by atomic mass is 32.2. The van der Waals surface area contributed by atoms with Crippen LogP contribution < -0.4 is 10.3 Å². The fourth-order valence-corrected chi connectivity index (χ4v) is 5.58. The Morgan fingerprint density at radius 3 is 2.62 bits per heavy atom. The molecule has 1 aliphatic heterocycles. The maximum atomic E-state index is 13.3. The predicted molar refractivity (Wildman–Crippen MR) is 126 cm³/mol. The van der Waals surface area contributed by atoms with E-state index in [0.29, 0.717) is 59.9 Å². The van der Waals surface area contributed by atoms with Crippen molar-refractivity contribution in [2.75, 3.05) is 19.7 Å². The summed E-state index contributed by atoms with van der Waals surface area (Å²) in [5, 5.41) is 16.8. The molecular weight excluding hydrogens is 460 g/mol. The lowest BCUT2D eigenvalue weighted by Gasteiger charge is -2.26. The van der Waals surface area contributed by atoms with Crippen LogP contribution in [0.3, 0.4) is 0 Å². The van der Waals surface area contributed by atoms with Gasteiger partial charge >= 0.3 is 0 Å². The van der Waals surface area contributed by atoms with E-state index in [0.717, 1.165) is 6.42 Å². The molecule has 0 bridgehead atoms. The SMILES string of the molecule is CCCc1nc(C)c2c(=O)[nH]c(-c3cc(S(=O)(=O)N4CCC(=NO)CC4)ccc3OCC)nn12. The Bertz CT molecular complexity index is 1400. The highest BCUT2D eigenvalue weighted by Crippen LogP contribution is 2.32. The van der Waals surface area contributed by atoms with Gasteiger partial charge in [0.25, 0.3) is 5.56 Å². The molecule has 0 radical (unpaired) electrons. The highest BCUT2D eigenvalue weighted by Gasteiger charge is 2.29. The van der Waals surface area contributed by atoms with E-state index in [1.54, 1.807) is 13.0 Å². The zero-order valence-electron chi connectivity index (χ0n) is 19.4. The summed E-state index contributed by atoms with van der Waals surface area (Å²) in [7, 11) is -3.82. The van der Waals surface area contributed by atoms with Gasteiger partial charge in [0, 0.05) is 32.4 Å². The zero-order valence-corrected chi connectivity index (χ0v) is 20.2. The Balaban J connectivity index is 1.83. The Hall–Kier alpha value is -3.25. The molecule has 3 heterocycles. The van der Waals surface area contributed by atoms with E-state index < -0.39 is 10.0 Å². The van der Waals surface area contributed by atoms with Gasteiger partial charge in [-0.1, -0.05) is 12.1 Å². The summed E-state index contributed by atoms with van der Waals surface area (Å²) in [5.74, 6) is 1.27.